The highest BCUT2D eigenvalue weighted by Gasteiger charge is 2.24. The van der Waals surface area contributed by atoms with Crippen LogP contribution < -0.4 is 9.64 Å². The van der Waals surface area contributed by atoms with Gasteiger partial charge in [0.25, 0.3) is 0 Å². The van der Waals surface area contributed by atoms with Crippen LogP contribution in [0.15, 0.2) is 54.4 Å². The number of carboxylic acid groups (broad SMARTS) is 1. The van der Waals surface area contributed by atoms with Crippen molar-refractivity contribution in [2.24, 2.45) is 7.05 Å². The van der Waals surface area contributed by atoms with Crippen molar-refractivity contribution >= 4 is 22.7 Å². The highest BCUT2D eigenvalue weighted by molar-refractivity contribution is 5.96. The maximum Gasteiger partial charge on any atom is 0.352 e. The fourth-order valence-corrected chi connectivity index (χ4v) is 4.22. The predicted octanol–water partition coefficient (Wildman–Crippen LogP) is 3.47. The standard InChI is InChI=1S/C22H22N4O3/c1-24-18(22(27)28)12-15-4-2-6-19(21(15)24)29-17-7-8-23-20(13-17)26-11-10-25-9-3-5-16(25)14-26/h2,4-8,12-13H,3,9-11,14H2,1H3,(H,27,28). The lowest BCUT2D eigenvalue weighted by molar-refractivity contribution is 0.0687. The van der Waals surface area contributed by atoms with Crippen molar-refractivity contribution in [3.05, 3.63) is 60.1 Å². The number of aryl methyl sites for hydroxylation is 1. The van der Waals surface area contributed by atoms with Crippen molar-refractivity contribution in [3.63, 3.8) is 0 Å². The molecule has 2 aromatic heterocycles. The average Bonchev–Trinajstić information content (AvgIpc) is 3.32. The highest BCUT2D eigenvalue weighted by atomic mass is 16.5. The van der Waals surface area contributed by atoms with E-state index >= 15 is 0 Å². The van der Waals surface area contributed by atoms with E-state index in [4.69, 9.17) is 4.74 Å². The molecule has 5 rings (SSSR count). The van der Waals surface area contributed by atoms with Crippen LogP contribution in [0.3, 0.4) is 0 Å². The molecule has 0 amide bonds. The van der Waals surface area contributed by atoms with E-state index in [0.717, 1.165) is 49.3 Å². The molecule has 29 heavy (non-hydrogen) atoms. The third-order valence-corrected chi connectivity index (χ3v) is 5.68. The van der Waals surface area contributed by atoms with Crippen molar-refractivity contribution < 1.29 is 14.6 Å². The summed E-state index contributed by atoms with van der Waals surface area (Å²) >= 11 is 0. The Morgan fingerprint density at radius 2 is 2.00 bits per heavy atom. The second kappa shape index (κ2) is 6.84. The average molecular weight is 390 g/mol. The number of piperazine rings is 1. The number of nitrogens with zero attached hydrogens (tertiary/aromatic N) is 4. The number of carboxylic acids is 1. The minimum atomic E-state index is -0.957. The summed E-state index contributed by atoms with van der Waals surface area (Å²) in [6, 6.07) is 11.1. The number of aromatic carboxylic acids is 1. The number of benzene rings is 1. The minimum Gasteiger partial charge on any atom is -0.477 e. The van der Waals surface area contributed by atoms with Crippen LogP contribution in [-0.4, -0.2) is 51.7 Å². The summed E-state index contributed by atoms with van der Waals surface area (Å²) in [5.74, 6) is 1.24. The van der Waals surface area contributed by atoms with E-state index in [1.807, 2.05) is 30.3 Å². The van der Waals surface area contributed by atoms with E-state index in [-0.39, 0.29) is 5.69 Å². The number of ether oxygens (including phenoxy) is 1. The lowest BCUT2D eigenvalue weighted by Crippen LogP contribution is -2.43. The number of anilines is 1. The van der Waals surface area contributed by atoms with E-state index in [1.54, 1.807) is 23.9 Å². The summed E-state index contributed by atoms with van der Waals surface area (Å²) in [4.78, 5) is 20.7. The predicted molar refractivity (Wildman–Crippen MR) is 111 cm³/mol. The van der Waals surface area contributed by atoms with Crippen LogP contribution in [0.1, 0.15) is 16.9 Å². The molecule has 1 fully saturated rings. The van der Waals surface area contributed by atoms with E-state index in [0.29, 0.717) is 11.5 Å². The van der Waals surface area contributed by atoms with E-state index in [1.165, 1.54) is 5.70 Å². The van der Waals surface area contributed by atoms with Gasteiger partial charge in [-0.15, -0.1) is 0 Å². The van der Waals surface area contributed by atoms with Gasteiger partial charge >= 0.3 is 5.97 Å². The Balaban J connectivity index is 1.44. The molecule has 2 aliphatic rings. The highest BCUT2D eigenvalue weighted by Crippen LogP contribution is 2.33. The fraction of sp³-hybridized carbons (Fsp3) is 0.273. The maximum atomic E-state index is 11.5. The number of hydrogen-bond acceptors (Lipinski definition) is 5. The first kappa shape index (κ1) is 17.6. The summed E-state index contributed by atoms with van der Waals surface area (Å²) in [5, 5.41) is 10.2. The first-order chi connectivity index (χ1) is 14.1. The molecule has 1 N–H and O–H groups in total. The summed E-state index contributed by atoms with van der Waals surface area (Å²) < 4.78 is 7.83. The third kappa shape index (κ3) is 3.08. The number of hydrogen-bond donors (Lipinski definition) is 1. The molecule has 0 spiro atoms. The molecule has 0 bridgehead atoms. The van der Waals surface area contributed by atoms with Crippen LogP contribution >= 0.6 is 0 Å². The summed E-state index contributed by atoms with van der Waals surface area (Å²) in [5.41, 5.74) is 2.36. The molecule has 148 valence electrons. The van der Waals surface area contributed by atoms with E-state index in [2.05, 4.69) is 20.9 Å². The van der Waals surface area contributed by atoms with Crippen molar-refractivity contribution in [1.29, 1.82) is 0 Å². The topological polar surface area (TPSA) is 70.8 Å². The Bertz CT molecular complexity index is 1130. The second-order valence-corrected chi connectivity index (χ2v) is 7.43. The lowest BCUT2D eigenvalue weighted by Gasteiger charge is -2.36. The molecule has 3 aromatic rings. The van der Waals surface area contributed by atoms with Crippen LogP contribution in [0.2, 0.25) is 0 Å². The molecule has 7 nitrogen and oxygen atoms in total. The monoisotopic (exact) mass is 390 g/mol. The Kier molecular flexibility index (Phi) is 4.16. The zero-order valence-electron chi connectivity index (χ0n) is 16.2. The first-order valence-corrected chi connectivity index (χ1v) is 9.75. The SMILES string of the molecule is Cn1c(C(=O)O)cc2cccc(Oc3ccnc(N4CCN5CCC=C5C4)c3)c21. The number of aromatic nitrogens is 2. The molecule has 0 radical (unpaired) electrons. The number of fused-ring (bicyclic) bond motifs is 2. The molecule has 0 saturated carbocycles. The zero-order valence-corrected chi connectivity index (χ0v) is 16.2. The lowest BCUT2D eigenvalue weighted by atomic mass is 10.2. The third-order valence-electron chi connectivity index (χ3n) is 5.68. The fourth-order valence-electron chi connectivity index (χ4n) is 4.22. The van der Waals surface area contributed by atoms with Crippen LogP contribution in [0.4, 0.5) is 5.82 Å². The van der Waals surface area contributed by atoms with Gasteiger partial charge in [-0.05, 0) is 24.6 Å². The molecule has 1 saturated heterocycles. The number of rotatable bonds is 4. The van der Waals surface area contributed by atoms with Crippen LogP contribution in [0.25, 0.3) is 10.9 Å². The summed E-state index contributed by atoms with van der Waals surface area (Å²) in [6.45, 7) is 3.94. The van der Waals surface area contributed by atoms with Crippen LogP contribution in [0.5, 0.6) is 11.5 Å². The Labute approximate surface area is 168 Å². The van der Waals surface area contributed by atoms with Gasteiger partial charge in [0.15, 0.2) is 5.75 Å². The molecule has 1 aromatic carbocycles. The van der Waals surface area contributed by atoms with Crippen molar-refractivity contribution in [3.8, 4) is 11.5 Å². The zero-order chi connectivity index (χ0) is 20.0. The minimum absolute atomic E-state index is 0.231. The van der Waals surface area contributed by atoms with Crippen molar-refractivity contribution in [2.45, 2.75) is 6.42 Å². The Hall–Kier alpha value is -3.48. The first-order valence-electron chi connectivity index (χ1n) is 9.75. The summed E-state index contributed by atoms with van der Waals surface area (Å²) in [6.07, 6.45) is 5.19. The molecular weight excluding hydrogens is 368 g/mol. The van der Waals surface area contributed by atoms with Gasteiger partial charge in [0.2, 0.25) is 0 Å². The van der Waals surface area contributed by atoms with E-state index in [9.17, 15) is 9.90 Å². The van der Waals surface area contributed by atoms with Crippen LogP contribution in [-0.2, 0) is 7.05 Å². The Morgan fingerprint density at radius 3 is 2.86 bits per heavy atom. The second-order valence-electron chi connectivity index (χ2n) is 7.43. The smallest absolute Gasteiger partial charge is 0.352 e. The van der Waals surface area contributed by atoms with Gasteiger partial charge in [-0.25, -0.2) is 9.78 Å². The molecular formula is C22H22N4O3. The van der Waals surface area contributed by atoms with Crippen molar-refractivity contribution in [2.75, 3.05) is 31.1 Å². The molecule has 0 aliphatic carbocycles. The largest absolute Gasteiger partial charge is 0.477 e. The van der Waals surface area contributed by atoms with Gasteiger partial charge < -0.3 is 24.2 Å². The Morgan fingerprint density at radius 1 is 1.14 bits per heavy atom. The molecule has 0 unspecified atom stereocenters. The summed E-state index contributed by atoms with van der Waals surface area (Å²) in [7, 11) is 1.74. The van der Waals surface area contributed by atoms with Gasteiger partial charge in [-0.1, -0.05) is 18.2 Å². The number of carbonyl (C=O) groups is 1. The maximum absolute atomic E-state index is 11.5. The molecule has 2 aliphatic heterocycles. The van der Waals surface area contributed by atoms with Crippen molar-refractivity contribution in [1.82, 2.24) is 14.5 Å². The quantitative estimate of drug-likeness (QED) is 0.736. The number of para-hydroxylation sites is 1. The molecule has 7 heteroatoms. The number of pyridine rings is 1. The van der Waals surface area contributed by atoms with Gasteiger partial charge in [0.1, 0.15) is 17.3 Å². The van der Waals surface area contributed by atoms with Gasteiger partial charge in [0, 0.05) is 50.0 Å². The van der Waals surface area contributed by atoms with Gasteiger partial charge in [-0.2, -0.15) is 0 Å². The normalized spacial score (nSPS) is 16.1. The van der Waals surface area contributed by atoms with Gasteiger partial charge in [-0.3, -0.25) is 0 Å². The molecule has 4 heterocycles. The van der Waals surface area contributed by atoms with Crippen LogP contribution in [0, 0.1) is 0 Å². The van der Waals surface area contributed by atoms with E-state index < -0.39 is 5.97 Å². The van der Waals surface area contributed by atoms with Gasteiger partial charge in [0.05, 0.1) is 12.1 Å². The molecule has 0 atom stereocenters.